The van der Waals surface area contributed by atoms with Crippen LogP contribution in [0.15, 0.2) is 30.3 Å². The number of hydrogen-bond donors (Lipinski definition) is 0. The molecule has 0 aromatic heterocycles. The van der Waals surface area contributed by atoms with Crippen LogP contribution in [-0.4, -0.2) is 24.1 Å². The van der Waals surface area contributed by atoms with Crippen LogP contribution in [0.1, 0.15) is 50.9 Å². The molecule has 0 spiro atoms. The Bertz CT molecular complexity index is 455. The highest BCUT2D eigenvalue weighted by atomic mass is 16.6. The van der Waals surface area contributed by atoms with Gasteiger partial charge in [-0.3, -0.25) is 4.79 Å². The lowest BCUT2D eigenvalue weighted by atomic mass is 9.95. The molecule has 0 saturated carbocycles. The fourth-order valence-corrected chi connectivity index (χ4v) is 2.15. The van der Waals surface area contributed by atoms with Crippen molar-refractivity contribution < 1.29 is 19.1 Å². The predicted molar refractivity (Wildman–Crippen MR) is 80.9 cm³/mol. The van der Waals surface area contributed by atoms with Crippen molar-refractivity contribution >= 4 is 11.9 Å². The number of benzene rings is 1. The minimum atomic E-state index is -0.434. The maximum atomic E-state index is 12.2. The normalized spacial score (nSPS) is 14.9. The van der Waals surface area contributed by atoms with Crippen LogP contribution in [0.25, 0.3) is 0 Å². The van der Waals surface area contributed by atoms with Crippen LogP contribution in [0, 0.1) is 5.92 Å². The van der Waals surface area contributed by atoms with Crippen molar-refractivity contribution in [2.45, 2.75) is 52.7 Å². The first-order valence-corrected chi connectivity index (χ1v) is 7.42. The van der Waals surface area contributed by atoms with Crippen LogP contribution in [0.4, 0.5) is 0 Å². The summed E-state index contributed by atoms with van der Waals surface area (Å²) in [5, 5.41) is 0. The summed E-state index contributed by atoms with van der Waals surface area (Å²) in [5.74, 6) is -0.626. The molecule has 0 aliphatic heterocycles. The molecule has 21 heavy (non-hydrogen) atoms. The third-order valence-corrected chi connectivity index (χ3v) is 3.54. The van der Waals surface area contributed by atoms with E-state index >= 15 is 0 Å². The van der Waals surface area contributed by atoms with Crippen molar-refractivity contribution in [3.8, 4) is 0 Å². The lowest BCUT2D eigenvalue weighted by Gasteiger charge is -2.30. The molecule has 0 N–H and O–H groups in total. The van der Waals surface area contributed by atoms with Gasteiger partial charge in [0.1, 0.15) is 12.2 Å². The van der Waals surface area contributed by atoms with Gasteiger partial charge in [0.25, 0.3) is 0 Å². The van der Waals surface area contributed by atoms with E-state index in [1.165, 1.54) is 6.92 Å². The van der Waals surface area contributed by atoms with Crippen molar-refractivity contribution in [1.82, 2.24) is 0 Å². The molecule has 1 aromatic carbocycles. The molecule has 0 heterocycles. The number of rotatable bonds is 7. The largest absolute Gasteiger partial charge is 0.459 e. The third kappa shape index (κ3) is 5.21. The average molecular weight is 292 g/mol. The summed E-state index contributed by atoms with van der Waals surface area (Å²) in [4.78, 5) is 23.4. The molecule has 0 amide bonds. The molecule has 0 bridgehead atoms. The van der Waals surface area contributed by atoms with Gasteiger partial charge in [-0.15, -0.1) is 0 Å². The van der Waals surface area contributed by atoms with Gasteiger partial charge in [0.15, 0.2) is 0 Å². The van der Waals surface area contributed by atoms with Crippen LogP contribution in [-0.2, 0) is 14.3 Å². The molecule has 1 rings (SSSR count). The van der Waals surface area contributed by atoms with Crippen LogP contribution in [0.3, 0.4) is 0 Å². The molecule has 4 nitrogen and oxygen atoms in total. The average Bonchev–Trinajstić information content (AvgIpc) is 2.50. The number of esters is 2. The molecular weight excluding hydrogens is 268 g/mol. The summed E-state index contributed by atoms with van der Waals surface area (Å²) in [7, 11) is 0. The first-order valence-electron chi connectivity index (χ1n) is 7.42. The number of hydrogen-bond acceptors (Lipinski definition) is 4. The summed E-state index contributed by atoms with van der Waals surface area (Å²) in [5.41, 5.74) is 0.503. The molecule has 1 aromatic rings. The quantitative estimate of drug-likeness (QED) is 0.720. The fraction of sp³-hybridized carbons (Fsp3) is 0.529. The molecule has 4 heteroatoms. The van der Waals surface area contributed by atoms with E-state index in [4.69, 9.17) is 9.47 Å². The van der Waals surface area contributed by atoms with E-state index in [0.717, 1.165) is 6.42 Å². The summed E-state index contributed by atoms with van der Waals surface area (Å²) in [6.07, 6.45) is 0.600. The highest BCUT2D eigenvalue weighted by Crippen LogP contribution is 2.21. The van der Waals surface area contributed by atoms with Gasteiger partial charge in [0, 0.05) is 6.92 Å². The summed E-state index contributed by atoms with van der Waals surface area (Å²) >= 11 is 0. The van der Waals surface area contributed by atoms with Crippen LogP contribution >= 0.6 is 0 Å². The van der Waals surface area contributed by atoms with Crippen LogP contribution in [0.2, 0.25) is 0 Å². The minimum Gasteiger partial charge on any atom is -0.459 e. The number of carbonyl (C=O) groups is 2. The smallest absolute Gasteiger partial charge is 0.338 e. The lowest BCUT2D eigenvalue weighted by Crippen LogP contribution is -2.39. The molecule has 3 unspecified atom stereocenters. The van der Waals surface area contributed by atoms with Crippen molar-refractivity contribution in [3.05, 3.63) is 35.9 Å². The topological polar surface area (TPSA) is 52.6 Å². The highest BCUT2D eigenvalue weighted by molar-refractivity contribution is 5.89. The zero-order chi connectivity index (χ0) is 15.8. The molecule has 0 saturated heterocycles. The monoisotopic (exact) mass is 292 g/mol. The van der Waals surface area contributed by atoms with E-state index in [2.05, 4.69) is 0 Å². The van der Waals surface area contributed by atoms with Gasteiger partial charge in [0.2, 0.25) is 0 Å². The van der Waals surface area contributed by atoms with Crippen LogP contribution < -0.4 is 0 Å². The van der Waals surface area contributed by atoms with E-state index in [9.17, 15) is 9.59 Å². The first-order chi connectivity index (χ1) is 9.99. The molecule has 3 atom stereocenters. The second-order valence-corrected chi connectivity index (χ2v) is 5.18. The zero-order valence-corrected chi connectivity index (χ0v) is 13.2. The molecule has 116 valence electrons. The molecular formula is C17H24O4. The SMILES string of the molecule is CCC(C)C(OC(=O)c1ccccc1)C(CC)OC(C)=O. The Morgan fingerprint density at radius 2 is 1.67 bits per heavy atom. The van der Waals surface area contributed by atoms with E-state index in [-0.39, 0.29) is 17.9 Å². The molecule has 0 aliphatic carbocycles. The third-order valence-electron chi connectivity index (χ3n) is 3.54. The molecule has 0 fully saturated rings. The van der Waals surface area contributed by atoms with E-state index < -0.39 is 12.2 Å². The summed E-state index contributed by atoms with van der Waals surface area (Å²) in [6.45, 7) is 7.30. The number of carbonyl (C=O) groups excluding carboxylic acids is 2. The Kier molecular flexibility index (Phi) is 6.92. The Balaban J connectivity index is 2.87. The van der Waals surface area contributed by atoms with Crippen LogP contribution in [0.5, 0.6) is 0 Å². The van der Waals surface area contributed by atoms with Crippen molar-refractivity contribution in [2.24, 2.45) is 5.92 Å². The Labute approximate surface area is 126 Å². The van der Waals surface area contributed by atoms with E-state index in [1.54, 1.807) is 24.3 Å². The van der Waals surface area contributed by atoms with Gasteiger partial charge in [-0.2, -0.15) is 0 Å². The first kappa shape index (κ1) is 17.2. The lowest BCUT2D eigenvalue weighted by molar-refractivity contribution is -0.155. The van der Waals surface area contributed by atoms with E-state index in [0.29, 0.717) is 12.0 Å². The standard InChI is InChI=1S/C17H24O4/c1-5-12(3)16(15(6-2)20-13(4)18)21-17(19)14-10-8-7-9-11-14/h7-12,15-16H,5-6H2,1-4H3. The Hall–Kier alpha value is -1.84. The Morgan fingerprint density at radius 1 is 1.05 bits per heavy atom. The summed E-state index contributed by atoms with van der Waals surface area (Å²) < 4.78 is 10.9. The second kappa shape index (κ2) is 8.45. The van der Waals surface area contributed by atoms with Crippen molar-refractivity contribution in [1.29, 1.82) is 0 Å². The number of ether oxygens (including phenoxy) is 2. The van der Waals surface area contributed by atoms with Crippen molar-refractivity contribution in [3.63, 3.8) is 0 Å². The van der Waals surface area contributed by atoms with Gasteiger partial charge >= 0.3 is 11.9 Å². The molecule has 0 aliphatic rings. The minimum absolute atomic E-state index is 0.113. The Morgan fingerprint density at radius 3 is 2.14 bits per heavy atom. The van der Waals surface area contributed by atoms with Gasteiger partial charge < -0.3 is 9.47 Å². The van der Waals surface area contributed by atoms with Gasteiger partial charge in [-0.05, 0) is 30.9 Å². The summed E-state index contributed by atoms with van der Waals surface area (Å²) in [6, 6.07) is 8.85. The van der Waals surface area contributed by atoms with Gasteiger partial charge in [-0.25, -0.2) is 4.79 Å². The molecule has 0 radical (unpaired) electrons. The highest BCUT2D eigenvalue weighted by Gasteiger charge is 2.31. The van der Waals surface area contributed by atoms with E-state index in [1.807, 2.05) is 26.8 Å². The fourth-order valence-electron chi connectivity index (χ4n) is 2.15. The maximum absolute atomic E-state index is 12.2. The predicted octanol–water partition coefficient (Wildman–Crippen LogP) is 3.60. The second-order valence-electron chi connectivity index (χ2n) is 5.18. The van der Waals surface area contributed by atoms with Gasteiger partial charge in [-0.1, -0.05) is 39.0 Å². The van der Waals surface area contributed by atoms with Gasteiger partial charge in [0.05, 0.1) is 5.56 Å². The van der Waals surface area contributed by atoms with Crippen molar-refractivity contribution in [2.75, 3.05) is 0 Å². The zero-order valence-electron chi connectivity index (χ0n) is 13.2. The maximum Gasteiger partial charge on any atom is 0.338 e.